The predicted molar refractivity (Wildman–Crippen MR) is 194 cm³/mol. The van der Waals surface area contributed by atoms with Crippen LogP contribution < -0.4 is 10.6 Å². The Morgan fingerprint density at radius 3 is 1.35 bits per heavy atom. The van der Waals surface area contributed by atoms with Crippen molar-refractivity contribution < 1.29 is 28.7 Å². The van der Waals surface area contributed by atoms with Crippen LogP contribution in [-0.4, -0.2) is 94.1 Å². The molecule has 4 aromatic rings. The Kier molecular flexibility index (Phi) is 11.2. The summed E-state index contributed by atoms with van der Waals surface area (Å²) >= 11 is 0. The summed E-state index contributed by atoms with van der Waals surface area (Å²) < 4.78 is 9.18. The van der Waals surface area contributed by atoms with E-state index in [-0.39, 0.29) is 24.9 Å². The second-order valence-corrected chi connectivity index (χ2v) is 13.1. The quantitative estimate of drug-likeness (QED) is 0.148. The van der Waals surface area contributed by atoms with E-state index in [2.05, 4.69) is 64.3 Å². The molecule has 2 aliphatic carbocycles. The van der Waals surface area contributed by atoms with Gasteiger partial charge in [-0.2, -0.15) is 0 Å². The van der Waals surface area contributed by atoms with E-state index in [1.807, 2.05) is 26.2 Å². The van der Waals surface area contributed by atoms with Crippen molar-refractivity contribution in [1.29, 1.82) is 0 Å². The number of nitrogens with one attached hydrogen (secondary N) is 4. The zero-order valence-corrected chi connectivity index (χ0v) is 30.2. The van der Waals surface area contributed by atoms with Gasteiger partial charge in [0, 0.05) is 24.2 Å². The van der Waals surface area contributed by atoms with Crippen LogP contribution in [0.4, 0.5) is 9.59 Å². The molecule has 0 fully saturated rings. The Labute approximate surface area is 302 Å². The number of rotatable bonds is 14. The molecular formula is C38H46N8O6. The van der Waals surface area contributed by atoms with Crippen LogP contribution in [0.15, 0.2) is 36.7 Å². The average Bonchev–Trinajstić information content (AvgIpc) is 3.84. The number of aryl methyl sites for hydroxylation is 4. The molecule has 2 aromatic heterocycles. The third-order valence-corrected chi connectivity index (χ3v) is 9.57. The Hall–Kier alpha value is -5.66. The highest BCUT2D eigenvalue weighted by Crippen LogP contribution is 2.45. The summed E-state index contributed by atoms with van der Waals surface area (Å²) in [6.45, 7) is 5.44. The van der Waals surface area contributed by atoms with Gasteiger partial charge in [0.15, 0.2) is 0 Å². The Balaban J connectivity index is 1.18. The van der Waals surface area contributed by atoms with Crippen LogP contribution in [0, 0.1) is 0 Å². The van der Waals surface area contributed by atoms with Crippen LogP contribution >= 0.6 is 0 Å². The number of aromatic amines is 2. The number of amides is 4. The van der Waals surface area contributed by atoms with Crippen LogP contribution in [0.2, 0.25) is 0 Å². The molecule has 52 heavy (non-hydrogen) atoms. The predicted octanol–water partition coefficient (Wildman–Crippen LogP) is 4.52. The first kappa shape index (κ1) is 36.1. The van der Waals surface area contributed by atoms with Crippen molar-refractivity contribution in [2.45, 2.75) is 65.5 Å². The summed E-state index contributed by atoms with van der Waals surface area (Å²) in [4.78, 5) is 68.0. The number of aromatic nitrogens is 4. The summed E-state index contributed by atoms with van der Waals surface area (Å²) in [6.07, 6.45) is 7.60. The third kappa shape index (κ3) is 7.95. The summed E-state index contributed by atoms with van der Waals surface area (Å²) in [5.74, 6) is 0.962. The van der Waals surface area contributed by atoms with Gasteiger partial charge in [0.2, 0.25) is 11.8 Å². The lowest BCUT2D eigenvalue weighted by molar-refractivity contribution is -0.131. The van der Waals surface area contributed by atoms with E-state index >= 15 is 0 Å². The molecule has 0 aliphatic heterocycles. The molecule has 0 saturated carbocycles. The van der Waals surface area contributed by atoms with Gasteiger partial charge in [-0.25, -0.2) is 19.6 Å². The van der Waals surface area contributed by atoms with Crippen molar-refractivity contribution in [3.63, 3.8) is 0 Å². The average molecular weight is 711 g/mol. The first-order valence-electron chi connectivity index (χ1n) is 17.8. The van der Waals surface area contributed by atoms with Crippen LogP contribution in [-0.2, 0) is 57.8 Å². The molecule has 274 valence electrons. The molecule has 0 atom stereocenters. The summed E-state index contributed by atoms with van der Waals surface area (Å²) in [6, 6.07) is 9.07. The van der Waals surface area contributed by atoms with Gasteiger partial charge in [0.1, 0.15) is 24.7 Å². The van der Waals surface area contributed by atoms with Crippen molar-refractivity contribution in [2.24, 2.45) is 0 Å². The first-order chi connectivity index (χ1) is 25.2. The number of benzene rings is 2. The van der Waals surface area contributed by atoms with Gasteiger partial charge in [-0.1, -0.05) is 13.8 Å². The fourth-order valence-corrected chi connectivity index (χ4v) is 7.14. The number of ether oxygens (including phenoxy) is 2. The third-order valence-electron chi connectivity index (χ3n) is 9.57. The molecule has 6 rings (SSSR count). The lowest BCUT2D eigenvalue weighted by Gasteiger charge is -2.30. The maximum Gasteiger partial charge on any atom is 0.407 e. The number of carbonyl (C=O) groups is 4. The molecule has 14 heteroatoms. The summed E-state index contributed by atoms with van der Waals surface area (Å²) in [5, 5.41) is 4.92. The van der Waals surface area contributed by atoms with Gasteiger partial charge in [0.25, 0.3) is 0 Å². The van der Waals surface area contributed by atoms with E-state index < -0.39 is 12.2 Å². The lowest BCUT2D eigenvalue weighted by atomic mass is 9.74. The van der Waals surface area contributed by atoms with Gasteiger partial charge >= 0.3 is 12.2 Å². The van der Waals surface area contributed by atoms with Crippen molar-refractivity contribution >= 4 is 24.0 Å². The van der Waals surface area contributed by atoms with Crippen LogP contribution in [0.1, 0.15) is 60.6 Å². The molecule has 0 unspecified atom stereocenters. The number of hydrogen-bond acceptors (Lipinski definition) is 8. The number of hydrogen-bond donors (Lipinski definition) is 4. The normalized spacial score (nSPS) is 12.5. The molecular weight excluding hydrogens is 664 g/mol. The SMILES string of the molecule is CCCN(Cc1ncc(-c2cc3c4c(c2)CCc2cc(-c5cnc(CN(CCC)C(=O)CNC(=O)OC)[nH]5)cc(c2-4)CC3)[nH]1)C(=O)CNC(=O)OC. The molecule has 4 N–H and O–H groups in total. The number of H-pyrrole nitrogens is 2. The number of nitrogens with zero attached hydrogens (tertiary/aromatic N) is 4. The molecule has 0 bridgehead atoms. The highest BCUT2D eigenvalue weighted by molar-refractivity contribution is 5.86. The Morgan fingerprint density at radius 1 is 0.654 bits per heavy atom. The van der Waals surface area contributed by atoms with Crippen LogP contribution in [0.5, 0.6) is 0 Å². The highest BCUT2D eigenvalue weighted by Gasteiger charge is 2.28. The zero-order valence-electron chi connectivity index (χ0n) is 30.2. The minimum atomic E-state index is -0.641. The fraction of sp³-hybridized carbons (Fsp3) is 0.421. The second kappa shape index (κ2) is 16.1. The van der Waals surface area contributed by atoms with Crippen LogP contribution in [0.25, 0.3) is 33.6 Å². The number of carbonyl (C=O) groups excluding carboxylic acids is 4. The maximum absolute atomic E-state index is 12.8. The molecule has 0 saturated heterocycles. The monoisotopic (exact) mass is 710 g/mol. The number of methoxy groups -OCH3 is 2. The van der Waals surface area contributed by atoms with Gasteiger partial charge < -0.3 is 39.9 Å². The topological polar surface area (TPSA) is 175 Å². The second-order valence-electron chi connectivity index (χ2n) is 13.1. The minimum absolute atomic E-state index is 0.138. The van der Waals surface area contributed by atoms with Gasteiger partial charge in [0.05, 0.1) is 51.1 Å². The van der Waals surface area contributed by atoms with Crippen molar-refractivity contribution in [2.75, 3.05) is 40.4 Å². The van der Waals surface area contributed by atoms with Crippen molar-refractivity contribution in [3.8, 4) is 33.6 Å². The van der Waals surface area contributed by atoms with E-state index in [1.54, 1.807) is 9.80 Å². The zero-order chi connectivity index (χ0) is 36.8. The molecule has 14 nitrogen and oxygen atoms in total. The molecule has 0 radical (unpaired) electrons. The van der Waals surface area contributed by atoms with Crippen LogP contribution in [0.3, 0.4) is 0 Å². The summed E-state index contributed by atoms with van der Waals surface area (Å²) in [7, 11) is 2.53. The molecule has 2 heterocycles. The molecule has 2 aliphatic rings. The fourth-order valence-electron chi connectivity index (χ4n) is 7.14. The van der Waals surface area contributed by atoms with E-state index in [9.17, 15) is 19.2 Å². The lowest BCUT2D eigenvalue weighted by Crippen LogP contribution is -2.40. The molecule has 0 spiro atoms. The van der Waals surface area contributed by atoms with E-state index in [1.165, 1.54) is 47.6 Å². The van der Waals surface area contributed by atoms with E-state index in [4.69, 9.17) is 0 Å². The molecule has 2 aromatic carbocycles. The number of imidazole rings is 2. The van der Waals surface area contributed by atoms with Crippen molar-refractivity contribution in [3.05, 3.63) is 70.6 Å². The smallest absolute Gasteiger partial charge is 0.407 e. The Morgan fingerprint density at radius 2 is 1.02 bits per heavy atom. The van der Waals surface area contributed by atoms with E-state index in [0.717, 1.165) is 61.0 Å². The van der Waals surface area contributed by atoms with Gasteiger partial charge in [-0.15, -0.1) is 0 Å². The largest absolute Gasteiger partial charge is 0.453 e. The first-order valence-corrected chi connectivity index (χ1v) is 17.8. The number of alkyl carbamates (subject to hydrolysis) is 2. The van der Waals surface area contributed by atoms with Crippen molar-refractivity contribution in [1.82, 2.24) is 40.4 Å². The maximum atomic E-state index is 12.8. The Bertz CT molecular complexity index is 1780. The highest BCUT2D eigenvalue weighted by atomic mass is 16.5. The van der Waals surface area contributed by atoms with Gasteiger partial charge in [-0.3, -0.25) is 9.59 Å². The minimum Gasteiger partial charge on any atom is -0.453 e. The summed E-state index contributed by atoms with van der Waals surface area (Å²) in [5.41, 5.74) is 12.0. The van der Waals surface area contributed by atoms with Gasteiger partial charge in [-0.05, 0) is 96.2 Å². The van der Waals surface area contributed by atoms with E-state index in [0.29, 0.717) is 37.8 Å². The standard InChI is InChI=1S/C38H46N8O6/c1-5-11-45(33(47)19-41-37(49)51-3)21-31-39-17-29(43-31)27-13-23-7-9-25-15-28(16-26-10-8-24(14-27)35(23)36(25)26)30-18-40-32(44-30)22-46(12-6-2)34(48)20-42-38(50)52-4/h13-18H,5-12,19-22H2,1-4H3,(H,39,43)(H,40,44)(H,41,49)(H,42,50). The molecule has 4 amide bonds.